The van der Waals surface area contributed by atoms with Gasteiger partial charge in [-0.2, -0.15) is 0 Å². The monoisotopic (exact) mass is 255 g/mol. The molecule has 17 heavy (non-hydrogen) atoms. The zero-order valence-corrected chi connectivity index (χ0v) is 10.4. The highest BCUT2D eigenvalue weighted by Crippen LogP contribution is 2.14. The Balaban J connectivity index is 2.01. The van der Waals surface area contributed by atoms with E-state index in [0.717, 1.165) is 12.1 Å². The van der Waals surface area contributed by atoms with E-state index in [1.165, 1.54) is 0 Å². The first kappa shape index (κ1) is 12.5. The molecule has 5 nitrogen and oxygen atoms in total. The first-order valence-corrected chi connectivity index (χ1v) is 7.36. The van der Waals surface area contributed by atoms with Crippen LogP contribution in [-0.2, 0) is 16.4 Å². The summed E-state index contributed by atoms with van der Waals surface area (Å²) in [4.78, 5) is 6.17. The fraction of sp³-hybridized carbons (Fsp3) is 0.545. The molecule has 0 amide bonds. The zero-order chi connectivity index (χ0) is 12.3. The van der Waals surface area contributed by atoms with Crippen LogP contribution in [0.15, 0.2) is 24.5 Å². The Kier molecular flexibility index (Phi) is 3.76. The smallest absolute Gasteiger partial charge is 0.156 e. The second-order valence-corrected chi connectivity index (χ2v) is 6.72. The Morgan fingerprint density at radius 3 is 3.00 bits per heavy atom. The molecule has 6 heteroatoms. The van der Waals surface area contributed by atoms with Gasteiger partial charge >= 0.3 is 0 Å². The Labute approximate surface area is 102 Å². The second kappa shape index (κ2) is 5.12. The predicted octanol–water partition coefficient (Wildman–Crippen LogP) is -0.361. The molecule has 1 fully saturated rings. The van der Waals surface area contributed by atoms with Gasteiger partial charge in [-0.15, -0.1) is 0 Å². The summed E-state index contributed by atoms with van der Waals surface area (Å²) in [5.41, 5.74) is 6.62. The number of nitrogens with two attached hydrogens (primary N) is 1. The molecule has 0 radical (unpaired) electrons. The predicted molar refractivity (Wildman–Crippen MR) is 66.1 cm³/mol. The minimum absolute atomic E-state index is 0.200. The summed E-state index contributed by atoms with van der Waals surface area (Å²) in [6.45, 7) is 2.03. The van der Waals surface area contributed by atoms with E-state index in [9.17, 15) is 8.42 Å². The third-order valence-corrected chi connectivity index (χ3v) is 5.16. The van der Waals surface area contributed by atoms with Gasteiger partial charge in [0.05, 0.1) is 11.0 Å². The summed E-state index contributed by atoms with van der Waals surface area (Å²) >= 11 is 0. The summed E-state index contributed by atoms with van der Waals surface area (Å²) in [5.74, 6) is 0.204. The van der Waals surface area contributed by atoms with Crippen LogP contribution in [0.4, 0.5) is 0 Å². The van der Waals surface area contributed by atoms with Gasteiger partial charge in [-0.25, -0.2) is 8.42 Å². The number of pyridine rings is 1. The quantitative estimate of drug-likeness (QED) is 0.798. The molecule has 94 valence electrons. The van der Waals surface area contributed by atoms with Crippen LogP contribution in [0.1, 0.15) is 5.56 Å². The summed E-state index contributed by atoms with van der Waals surface area (Å²) in [5, 5.41) is -0.423. The molecule has 1 atom stereocenters. The van der Waals surface area contributed by atoms with E-state index in [1.807, 2.05) is 12.1 Å². The minimum Gasteiger partial charge on any atom is -0.329 e. The number of aromatic nitrogens is 1. The van der Waals surface area contributed by atoms with Gasteiger partial charge in [-0.3, -0.25) is 9.88 Å². The van der Waals surface area contributed by atoms with Crippen molar-refractivity contribution in [3.8, 4) is 0 Å². The van der Waals surface area contributed by atoms with Crippen LogP contribution >= 0.6 is 0 Å². The highest BCUT2D eigenvalue weighted by molar-refractivity contribution is 7.92. The lowest BCUT2D eigenvalue weighted by molar-refractivity contribution is 0.267. The van der Waals surface area contributed by atoms with Crippen LogP contribution in [0.5, 0.6) is 0 Å². The van der Waals surface area contributed by atoms with E-state index < -0.39 is 15.1 Å². The number of hydrogen-bond donors (Lipinski definition) is 1. The maximum Gasteiger partial charge on any atom is 0.156 e. The standard InChI is InChI=1S/C11H17N3O2S/c12-6-11-9-14(4-5-17(11,15)16)8-10-2-1-3-13-7-10/h1-3,7,11H,4-6,8-9,12H2. The highest BCUT2D eigenvalue weighted by atomic mass is 32.2. The van der Waals surface area contributed by atoms with Crippen LogP contribution < -0.4 is 5.73 Å². The van der Waals surface area contributed by atoms with Gasteiger partial charge in [-0.05, 0) is 11.6 Å². The molecule has 1 aliphatic rings. The normalized spacial score (nSPS) is 24.6. The van der Waals surface area contributed by atoms with Gasteiger partial charge in [-0.1, -0.05) is 6.07 Å². The lowest BCUT2D eigenvalue weighted by Crippen LogP contribution is -2.49. The molecule has 0 saturated carbocycles. The van der Waals surface area contributed by atoms with Crippen molar-refractivity contribution in [1.82, 2.24) is 9.88 Å². The Hall–Kier alpha value is -0.980. The van der Waals surface area contributed by atoms with E-state index in [-0.39, 0.29) is 12.3 Å². The summed E-state index contributed by atoms with van der Waals surface area (Å²) < 4.78 is 23.4. The number of sulfone groups is 1. The van der Waals surface area contributed by atoms with Crippen molar-refractivity contribution in [3.05, 3.63) is 30.1 Å². The van der Waals surface area contributed by atoms with Gasteiger partial charge in [0.1, 0.15) is 0 Å². The average molecular weight is 255 g/mol. The van der Waals surface area contributed by atoms with Crippen LogP contribution in [0.3, 0.4) is 0 Å². The fourth-order valence-corrected chi connectivity index (χ4v) is 3.61. The van der Waals surface area contributed by atoms with Gasteiger partial charge in [0.25, 0.3) is 0 Å². The van der Waals surface area contributed by atoms with Crippen LogP contribution in [0.2, 0.25) is 0 Å². The van der Waals surface area contributed by atoms with E-state index in [4.69, 9.17) is 5.73 Å². The van der Waals surface area contributed by atoms with Gasteiger partial charge in [0.2, 0.25) is 0 Å². The van der Waals surface area contributed by atoms with Crippen molar-refractivity contribution in [2.45, 2.75) is 11.8 Å². The van der Waals surface area contributed by atoms with E-state index in [2.05, 4.69) is 9.88 Å². The molecular weight excluding hydrogens is 238 g/mol. The lowest BCUT2D eigenvalue weighted by atomic mass is 10.2. The first-order valence-electron chi connectivity index (χ1n) is 5.65. The SMILES string of the molecule is NCC1CN(Cc2cccnc2)CCS1(=O)=O. The van der Waals surface area contributed by atoms with E-state index >= 15 is 0 Å². The molecule has 0 spiro atoms. The maximum absolute atomic E-state index is 11.7. The molecule has 0 aliphatic carbocycles. The molecule has 2 heterocycles. The third kappa shape index (κ3) is 3.02. The third-order valence-electron chi connectivity index (χ3n) is 3.05. The Morgan fingerprint density at radius 1 is 1.53 bits per heavy atom. The minimum atomic E-state index is -2.98. The van der Waals surface area contributed by atoms with Crippen LogP contribution in [0, 0.1) is 0 Å². The largest absolute Gasteiger partial charge is 0.329 e. The van der Waals surface area contributed by atoms with Gasteiger partial charge in [0.15, 0.2) is 9.84 Å². The molecular formula is C11H17N3O2S. The number of rotatable bonds is 3. The molecule has 2 N–H and O–H groups in total. The van der Waals surface area contributed by atoms with E-state index in [1.54, 1.807) is 12.4 Å². The molecule has 1 unspecified atom stereocenters. The summed E-state index contributed by atoms with van der Waals surface area (Å²) in [7, 11) is -2.98. The average Bonchev–Trinajstić information content (AvgIpc) is 2.33. The maximum atomic E-state index is 11.7. The molecule has 1 saturated heterocycles. The van der Waals surface area contributed by atoms with Gasteiger partial charge in [0, 0.05) is 38.6 Å². The zero-order valence-electron chi connectivity index (χ0n) is 9.62. The lowest BCUT2D eigenvalue weighted by Gasteiger charge is -2.31. The molecule has 1 aliphatic heterocycles. The summed E-state index contributed by atoms with van der Waals surface area (Å²) in [6, 6.07) is 3.88. The first-order chi connectivity index (χ1) is 8.12. The van der Waals surface area contributed by atoms with Crippen molar-refractivity contribution >= 4 is 9.84 Å². The van der Waals surface area contributed by atoms with Crippen LogP contribution in [-0.4, -0.2) is 48.9 Å². The van der Waals surface area contributed by atoms with Crippen molar-refractivity contribution in [1.29, 1.82) is 0 Å². The van der Waals surface area contributed by atoms with Gasteiger partial charge < -0.3 is 5.73 Å². The van der Waals surface area contributed by atoms with Crippen LogP contribution in [0.25, 0.3) is 0 Å². The Bertz CT molecular complexity index is 461. The Morgan fingerprint density at radius 2 is 2.35 bits per heavy atom. The number of hydrogen-bond acceptors (Lipinski definition) is 5. The molecule has 0 bridgehead atoms. The molecule has 1 aromatic heterocycles. The fourth-order valence-electron chi connectivity index (χ4n) is 2.03. The van der Waals surface area contributed by atoms with Crippen molar-refractivity contribution in [2.24, 2.45) is 5.73 Å². The van der Waals surface area contributed by atoms with Crippen molar-refractivity contribution in [2.75, 3.05) is 25.4 Å². The summed E-state index contributed by atoms with van der Waals surface area (Å²) in [6.07, 6.45) is 3.54. The molecule has 1 aromatic rings. The van der Waals surface area contributed by atoms with E-state index in [0.29, 0.717) is 13.1 Å². The molecule has 2 rings (SSSR count). The number of nitrogens with zero attached hydrogens (tertiary/aromatic N) is 2. The van der Waals surface area contributed by atoms with Crippen molar-refractivity contribution in [3.63, 3.8) is 0 Å². The highest BCUT2D eigenvalue weighted by Gasteiger charge is 2.31. The second-order valence-electron chi connectivity index (χ2n) is 4.32. The topological polar surface area (TPSA) is 76.3 Å². The molecule has 0 aromatic carbocycles. The van der Waals surface area contributed by atoms with Crippen molar-refractivity contribution < 1.29 is 8.42 Å².